The van der Waals surface area contributed by atoms with E-state index < -0.39 is 5.82 Å². The number of anilines is 1. The molecule has 1 aromatic rings. The van der Waals surface area contributed by atoms with Gasteiger partial charge in [0.2, 0.25) is 0 Å². The first-order valence-corrected chi connectivity index (χ1v) is 6.76. The summed E-state index contributed by atoms with van der Waals surface area (Å²) in [6.45, 7) is 4.74. The van der Waals surface area contributed by atoms with Crippen LogP contribution in [0.4, 0.5) is 10.2 Å². The monoisotopic (exact) mass is 265 g/mol. The number of nitrogens with zero attached hydrogens (tertiary/aromatic N) is 1. The largest absolute Gasteiger partial charge is 0.369 e. The van der Waals surface area contributed by atoms with E-state index in [2.05, 4.69) is 15.6 Å². The van der Waals surface area contributed by atoms with Gasteiger partial charge in [0.1, 0.15) is 11.6 Å². The maximum atomic E-state index is 13.3. The first kappa shape index (κ1) is 13.8. The number of amides is 1. The fourth-order valence-electron chi connectivity index (χ4n) is 2.17. The molecule has 0 radical (unpaired) electrons. The summed E-state index contributed by atoms with van der Waals surface area (Å²) in [4.78, 5) is 16.2. The fraction of sp³-hybridized carbons (Fsp3) is 0.571. The molecular weight excluding hydrogens is 245 g/mol. The van der Waals surface area contributed by atoms with Crippen molar-refractivity contribution in [3.05, 3.63) is 23.6 Å². The molecule has 104 valence electrons. The van der Waals surface area contributed by atoms with Gasteiger partial charge in [-0.25, -0.2) is 9.37 Å². The van der Waals surface area contributed by atoms with Crippen molar-refractivity contribution >= 4 is 11.7 Å². The van der Waals surface area contributed by atoms with Gasteiger partial charge in [-0.3, -0.25) is 4.79 Å². The average Bonchev–Trinajstić information content (AvgIpc) is 2.35. The lowest BCUT2D eigenvalue weighted by Crippen LogP contribution is -2.51. The number of carbonyl (C=O) groups is 1. The van der Waals surface area contributed by atoms with Crippen molar-refractivity contribution in [2.75, 3.05) is 11.9 Å². The van der Waals surface area contributed by atoms with Gasteiger partial charge in [0, 0.05) is 12.1 Å². The van der Waals surface area contributed by atoms with Gasteiger partial charge in [-0.05, 0) is 38.7 Å². The highest BCUT2D eigenvalue weighted by molar-refractivity contribution is 5.99. The van der Waals surface area contributed by atoms with E-state index in [1.165, 1.54) is 6.07 Å². The molecule has 1 aliphatic carbocycles. The molecule has 1 aromatic heterocycles. The summed E-state index contributed by atoms with van der Waals surface area (Å²) in [6.07, 6.45) is 5.11. The maximum absolute atomic E-state index is 13.3. The Hall–Kier alpha value is -1.65. The van der Waals surface area contributed by atoms with Crippen molar-refractivity contribution in [2.45, 2.75) is 45.1 Å². The molecule has 0 spiro atoms. The minimum atomic E-state index is -0.494. The Labute approximate surface area is 112 Å². The number of hydrogen-bond donors (Lipinski definition) is 2. The number of carbonyl (C=O) groups excluding carboxylic acids is 1. The molecule has 1 aliphatic rings. The Kier molecular flexibility index (Phi) is 4.02. The second-order valence-corrected chi connectivity index (χ2v) is 5.34. The molecule has 1 heterocycles. The zero-order valence-corrected chi connectivity index (χ0v) is 11.4. The highest BCUT2D eigenvalue weighted by Gasteiger charge is 2.34. The predicted octanol–water partition coefficient (Wildman–Crippen LogP) is 2.72. The predicted molar refractivity (Wildman–Crippen MR) is 72.7 cm³/mol. The van der Waals surface area contributed by atoms with Crippen LogP contribution >= 0.6 is 0 Å². The van der Waals surface area contributed by atoms with E-state index in [0.717, 1.165) is 31.9 Å². The SMILES string of the molecule is CCCNc1ncc(F)cc1C(=O)NC1(C)CCC1. The van der Waals surface area contributed by atoms with Crippen molar-refractivity contribution < 1.29 is 9.18 Å². The minimum Gasteiger partial charge on any atom is -0.369 e. The van der Waals surface area contributed by atoms with Crippen LogP contribution in [-0.2, 0) is 0 Å². The lowest BCUT2D eigenvalue weighted by molar-refractivity contribution is 0.0850. The summed E-state index contributed by atoms with van der Waals surface area (Å²) in [7, 11) is 0. The number of rotatable bonds is 5. The topological polar surface area (TPSA) is 54.0 Å². The fourth-order valence-corrected chi connectivity index (χ4v) is 2.17. The van der Waals surface area contributed by atoms with Gasteiger partial charge in [0.25, 0.3) is 5.91 Å². The summed E-state index contributed by atoms with van der Waals surface area (Å²) in [6, 6.07) is 1.24. The Morgan fingerprint density at radius 3 is 2.84 bits per heavy atom. The molecule has 4 nitrogen and oxygen atoms in total. The standard InChI is InChI=1S/C14H20FN3O/c1-3-7-16-12-11(8-10(15)9-17-12)13(19)18-14(2)5-4-6-14/h8-9H,3-7H2,1-2H3,(H,16,17)(H,18,19). The zero-order valence-electron chi connectivity index (χ0n) is 11.4. The third-order valence-corrected chi connectivity index (χ3v) is 3.51. The molecule has 1 amide bonds. The summed E-state index contributed by atoms with van der Waals surface area (Å²) in [5.41, 5.74) is 0.132. The van der Waals surface area contributed by atoms with Crippen molar-refractivity contribution in [3.63, 3.8) is 0 Å². The van der Waals surface area contributed by atoms with E-state index in [1.54, 1.807) is 0 Å². The number of hydrogen-bond acceptors (Lipinski definition) is 3. The number of halogens is 1. The van der Waals surface area contributed by atoms with Crippen LogP contribution in [0, 0.1) is 5.82 Å². The molecule has 2 rings (SSSR count). The molecule has 0 bridgehead atoms. The molecule has 0 unspecified atom stereocenters. The lowest BCUT2D eigenvalue weighted by atomic mass is 9.78. The lowest BCUT2D eigenvalue weighted by Gasteiger charge is -2.39. The van der Waals surface area contributed by atoms with Crippen molar-refractivity contribution in [1.82, 2.24) is 10.3 Å². The average molecular weight is 265 g/mol. The van der Waals surface area contributed by atoms with Crippen LogP contribution in [-0.4, -0.2) is 23.0 Å². The molecular formula is C14H20FN3O. The molecule has 0 aromatic carbocycles. The Bertz CT molecular complexity index is 472. The highest BCUT2D eigenvalue weighted by atomic mass is 19.1. The molecule has 0 aliphatic heterocycles. The quantitative estimate of drug-likeness (QED) is 0.860. The second kappa shape index (κ2) is 5.55. The van der Waals surface area contributed by atoms with Crippen molar-refractivity contribution in [1.29, 1.82) is 0 Å². The van der Waals surface area contributed by atoms with E-state index in [9.17, 15) is 9.18 Å². The molecule has 2 N–H and O–H groups in total. The molecule has 19 heavy (non-hydrogen) atoms. The molecule has 0 atom stereocenters. The van der Waals surface area contributed by atoms with Crippen LogP contribution in [0.5, 0.6) is 0 Å². The van der Waals surface area contributed by atoms with E-state index >= 15 is 0 Å². The van der Waals surface area contributed by atoms with Gasteiger partial charge < -0.3 is 10.6 Å². The van der Waals surface area contributed by atoms with Crippen LogP contribution in [0.3, 0.4) is 0 Å². The van der Waals surface area contributed by atoms with Crippen molar-refractivity contribution in [2.24, 2.45) is 0 Å². The van der Waals surface area contributed by atoms with E-state index in [4.69, 9.17) is 0 Å². The first-order chi connectivity index (χ1) is 9.04. The molecule has 1 saturated carbocycles. The highest BCUT2D eigenvalue weighted by Crippen LogP contribution is 2.31. The van der Waals surface area contributed by atoms with E-state index in [0.29, 0.717) is 12.4 Å². The number of pyridine rings is 1. The third kappa shape index (κ3) is 3.22. The Morgan fingerprint density at radius 2 is 2.26 bits per heavy atom. The third-order valence-electron chi connectivity index (χ3n) is 3.51. The van der Waals surface area contributed by atoms with Gasteiger partial charge in [-0.2, -0.15) is 0 Å². The molecule has 0 saturated heterocycles. The minimum absolute atomic E-state index is 0.147. The second-order valence-electron chi connectivity index (χ2n) is 5.34. The Morgan fingerprint density at radius 1 is 1.53 bits per heavy atom. The summed E-state index contributed by atoms with van der Waals surface area (Å²) in [5.74, 6) is -0.303. The molecule has 5 heteroatoms. The van der Waals surface area contributed by atoms with E-state index in [-0.39, 0.29) is 17.0 Å². The normalized spacial score (nSPS) is 16.6. The van der Waals surface area contributed by atoms with Crippen LogP contribution in [0.1, 0.15) is 49.9 Å². The van der Waals surface area contributed by atoms with Crippen LogP contribution < -0.4 is 10.6 Å². The smallest absolute Gasteiger partial charge is 0.255 e. The van der Waals surface area contributed by atoms with Gasteiger partial charge in [0.05, 0.1) is 11.8 Å². The first-order valence-electron chi connectivity index (χ1n) is 6.76. The maximum Gasteiger partial charge on any atom is 0.255 e. The summed E-state index contributed by atoms with van der Waals surface area (Å²) < 4.78 is 13.3. The van der Waals surface area contributed by atoms with Gasteiger partial charge in [0.15, 0.2) is 0 Å². The number of nitrogens with one attached hydrogen (secondary N) is 2. The zero-order chi connectivity index (χ0) is 13.9. The Balaban J connectivity index is 2.16. The van der Waals surface area contributed by atoms with Gasteiger partial charge >= 0.3 is 0 Å². The summed E-state index contributed by atoms with van der Waals surface area (Å²) >= 11 is 0. The van der Waals surface area contributed by atoms with Crippen LogP contribution in [0.25, 0.3) is 0 Å². The van der Waals surface area contributed by atoms with Crippen molar-refractivity contribution in [3.8, 4) is 0 Å². The molecule has 1 fully saturated rings. The van der Waals surface area contributed by atoms with Gasteiger partial charge in [-0.1, -0.05) is 6.92 Å². The van der Waals surface area contributed by atoms with Crippen LogP contribution in [0.15, 0.2) is 12.3 Å². The van der Waals surface area contributed by atoms with Crippen LogP contribution in [0.2, 0.25) is 0 Å². The summed E-state index contributed by atoms with van der Waals surface area (Å²) in [5, 5.41) is 6.02. The van der Waals surface area contributed by atoms with Gasteiger partial charge in [-0.15, -0.1) is 0 Å². The number of aromatic nitrogens is 1. The van der Waals surface area contributed by atoms with E-state index in [1.807, 2.05) is 13.8 Å².